The highest BCUT2D eigenvalue weighted by Crippen LogP contribution is 2.39. The van der Waals surface area contributed by atoms with Crippen LogP contribution in [-0.2, 0) is 21.6 Å². The summed E-state index contributed by atoms with van der Waals surface area (Å²) in [5.41, 5.74) is -0.605. The summed E-state index contributed by atoms with van der Waals surface area (Å²) in [6, 6.07) is 14.7. The van der Waals surface area contributed by atoms with Crippen LogP contribution in [0.15, 0.2) is 79.4 Å². The first kappa shape index (κ1) is 35.2. The van der Waals surface area contributed by atoms with E-state index in [0.717, 1.165) is 12.1 Å². The normalized spacial score (nSPS) is 18.7. The predicted molar refractivity (Wildman–Crippen MR) is 163 cm³/mol. The number of nitrogens with one attached hydrogen (secondary N) is 1. The van der Waals surface area contributed by atoms with Crippen LogP contribution < -0.4 is 10.1 Å². The van der Waals surface area contributed by atoms with Crippen molar-refractivity contribution in [2.75, 3.05) is 25.1 Å². The highest BCUT2D eigenvalue weighted by atomic mass is 32.2. The van der Waals surface area contributed by atoms with Crippen LogP contribution in [0.2, 0.25) is 0 Å². The van der Waals surface area contributed by atoms with Crippen molar-refractivity contribution in [3.8, 4) is 5.75 Å². The number of hydrogen-bond donors (Lipinski definition) is 2. The van der Waals surface area contributed by atoms with Crippen LogP contribution in [0.4, 0.5) is 32.0 Å². The topological polar surface area (TPSA) is 108 Å². The Morgan fingerprint density at radius 2 is 1.77 bits per heavy atom. The Morgan fingerprint density at radius 1 is 1.08 bits per heavy atom. The molecule has 0 radical (unpaired) electrons. The van der Waals surface area contributed by atoms with E-state index in [9.17, 15) is 36.2 Å². The van der Waals surface area contributed by atoms with Gasteiger partial charge in [0.05, 0.1) is 25.0 Å². The zero-order chi connectivity index (χ0) is 34.5. The number of aliphatic hydroxyl groups is 1. The highest BCUT2D eigenvalue weighted by Gasteiger charge is 2.42. The van der Waals surface area contributed by atoms with E-state index < -0.39 is 53.6 Å². The molecule has 0 bridgehead atoms. The fourth-order valence-electron chi connectivity index (χ4n) is 4.86. The van der Waals surface area contributed by atoms with Gasteiger partial charge in [0.2, 0.25) is 0 Å². The molecule has 1 fully saturated rings. The van der Waals surface area contributed by atoms with E-state index in [1.54, 1.807) is 31.2 Å². The van der Waals surface area contributed by atoms with Gasteiger partial charge in [-0.3, -0.25) is 4.79 Å². The third-order valence-corrected chi connectivity index (χ3v) is 8.97. The summed E-state index contributed by atoms with van der Waals surface area (Å²) in [4.78, 5) is 16.6. The molecule has 1 saturated heterocycles. The van der Waals surface area contributed by atoms with E-state index >= 15 is 0 Å². The van der Waals surface area contributed by atoms with Crippen molar-refractivity contribution < 1.29 is 50.5 Å². The van der Waals surface area contributed by atoms with Gasteiger partial charge in [-0.25, -0.2) is 27.2 Å². The van der Waals surface area contributed by atoms with Gasteiger partial charge in [0.15, 0.2) is 12.9 Å². The number of halogens is 6. The fraction of sp³-hybridized carbons (Fsp3) is 0.344. The van der Waals surface area contributed by atoms with E-state index in [4.69, 9.17) is 14.2 Å². The number of rotatable bonds is 13. The van der Waals surface area contributed by atoms with Crippen LogP contribution in [0, 0.1) is 11.6 Å². The van der Waals surface area contributed by atoms with Crippen LogP contribution in [-0.4, -0.2) is 68.4 Å². The van der Waals surface area contributed by atoms with Crippen LogP contribution in [0.5, 0.6) is 5.75 Å². The molecule has 0 aliphatic carbocycles. The molecule has 256 valence electrons. The molecule has 1 aromatic heterocycles. The third-order valence-electron chi connectivity index (χ3n) is 7.51. The van der Waals surface area contributed by atoms with Gasteiger partial charge < -0.3 is 24.6 Å². The summed E-state index contributed by atoms with van der Waals surface area (Å²) >= 11 is 1.32. The molecular formula is C32H30F6N4O5S. The standard InChI is InChI=1S/C32H30F6N4O5S/c1-19(31(44,15-42-18-39-17-40-42)26-11-6-22(33)12-27(26)34)48-25-13-45-29(46-14-25)21-4-2-20(3-5-21)28(43)41-23-7-9-24(10-8-23)47-16-32(37,38)30(35)36/h2-12,17-19,25,29-30,44H,13-16H2,1H3,(H,41,43)/t19-,25-,29-,31-/m1/s1. The first-order chi connectivity index (χ1) is 22.8. The second kappa shape index (κ2) is 15.0. The van der Waals surface area contributed by atoms with Crippen molar-refractivity contribution in [3.63, 3.8) is 0 Å². The van der Waals surface area contributed by atoms with Gasteiger partial charge in [0.25, 0.3) is 5.91 Å². The fourth-order valence-corrected chi connectivity index (χ4v) is 6.18. The number of nitrogens with zero attached hydrogens (tertiary/aromatic N) is 3. The third kappa shape index (κ3) is 8.47. The molecule has 0 saturated carbocycles. The molecule has 1 amide bonds. The average Bonchev–Trinajstić information content (AvgIpc) is 3.57. The van der Waals surface area contributed by atoms with Crippen molar-refractivity contribution in [3.05, 3.63) is 108 Å². The first-order valence-electron chi connectivity index (χ1n) is 14.5. The van der Waals surface area contributed by atoms with Gasteiger partial charge in [-0.05, 0) is 42.5 Å². The number of thioether (sulfide) groups is 1. The number of aromatic nitrogens is 3. The molecule has 48 heavy (non-hydrogen) atoms. The maximum atomic E-state index is 14.9. The molecule has 1 aliphatic rings. The molecule has 9 nitrogen and oxygen atoms in total. The minimum absolute atomic E-state index is 0.0653. The predicted octanol–water partition coefficient (Wildman–Crippen LogP) is 6.21. The van der Waals surface area contributed by atoms with Crippen molar-refractivity contribution in [1.82, 2.24) is 14.8 Å². The number of ether oxygens (including phenoxy) is 3. The molecule has 5 rings (SSSR count). The van der Waals surface area contributed by atoms with E-state index in [1.807, 2.05) is 0 Å². The van der Waals surface area contributed by atoms with E-state index in [0.29, 0.717) is 16.8 Å². The summed E-state index contributed by atoms with van der Waals surface area (Å²) < 4.78 is 97.2. The summed E-state index contributed by atoms with van der Waals surface area (Å²) in [6.07, 6.45) is -1.91. The minimum atomic E-state index is -4.29. The van der Waals surface area contributed by atoms with Crippen molar-refractivity contribution in [1.29, 1.82) is 0 Å². The molecular weight excluding hydrogens is 666 g/mol. The van der Waals surface area contributed by atoms with Crippen LogP contribution in [0.1, 0.15) is 34.7 Å². The Hall–Kier alpha value is -4.12. The lowest BCUT2D eigenvalue weighted by atomic mass is 9.90. The molecule has 0 unspecified atom stereocenters. The summed E-state index contributed by atoms with van der Waals surface area (Å²) in [6.45, 7) is 0.564. The van der Waals surface area contributed by atoms with Gasteiger partial charge in [-0.1, -0.05) is 25.1 Å². The van der Waals surface area contributed by atoms with Gasteiger partial charge in [-0.2, -0.15) is 13.9 Å². The number of anilines is 1. The Balaban J connectivity index is 1.14. The SMILES string of the molecule is C[C@@H](S[C@H]1CO[C@H](c2ccc(C(=O)Nc3ccc(OCC(F)(F)C(F)F)cc3)cc2)OC1)[C@](O)(Cn1cncn1)c1ccc(F)cc1F. The lowest BCUT2D eigenvalue weighted by molar-refractivity contribution is -0.180. The summed E-state index contributed by atoms with van der Waals surface area (Å²) in [5.74, 6) is -6.47. The van der Waals surface area contributed by atoms with E-state index in [-0.39, 0.29) is 36.3 Å². The smallest absolute Gasteiger partial charge is 0.340 e. The van der Waals surface area contributed by atoms with E-state index in [1.165, 1.54) is 59.4 Å². The zero-order valence-corrected chi connectivity index (χ0v) is 26.1. The van der Waals surface area contributed by atoms with Crippen molar-refractivity contribution >= 4 is 23.4 Å². The Bertz CT molecular complexity index is 1660. The number of amides is 1. The maximum absolute atomic E-state index is 14.9. The molecule has 1 aliphatic heterocycles. The van der Waals surface area contributed by atoms with Crippen LogP contribution >= 0.6 is 11.8 Å². The summed E-state index contributed by atoms with van der Waals surface area (Å²) in [7, 11) is 0. The molecule has 2 atom stereocenters. The Labute approximate surface area is 275 Å². The number of hydrogen-bond acceptors (Lipinski definition) is 8. The van der Waals surface area contributed by atoms with Gasteiger partial charge in [0.1, 0.15) is 35.6 Å². The van der Waals surface area contributed by atoms with Gasteiger partial charge in [-0.15, -0.1) is 11.8 Å². The zero-order valence-electron chi connectivity index (χ0n) is 25.2. The number of benzene rings is 3. The molecule has 16 heteroatoms. The quantitative estimate of drug-likeness (QED) is 0.159. The number of alkyl halides is 4. The first-order valence-corrected chi connectivity index (χ1v) is 15.5. The second-order valence-electron chi connectivity index (χ2n) is 11.0. The van der Waals surface area contributed by atoms with Gasteiger partial charge >= 0.3 is 12.3 Å². The number of carbonyl (C=O) groups excluding carboxylic acids is 1. The van der Waals surface area contributed by atoms with Crippen molar-refractivity contribution in [2.45, 2.75) is 48.2 Å². The van der Waals surface area contributed by atoms with Crippen LogP contribution in [0.25, 0.3) is 0 Å². The Kier molecular flexibility index (Phi) is 11.0. The largest absolute Gasteiger partial charge is 0.487 e. The number of carbonyl (C=O) groups is 1. The molecule has 3 aromatic carbocycles. The highest BCUT2D eigenvalue weighted by molar-refractivity contribution is 8.00. The van der Waals surface area contributed by atoms with Gasteiger partial charge in [0, 0.05) is 33.7 Å². The second-order valence-corrected chi connectivity index (χ2v) is 12.6. The maximum Gasteiger partial charge on any atom is 0.340 e. The monoisotopic (exact) mass is 696 g/mol. The minimum Gasteiger partial charge on any atom is -0.487 e. The Morgan fingerprint density at radius 3 is 2.38 bits per heavy atom. The lowest BCUT2D eigenvalue weighted by Gasteiger charge is -2.37. The molecule has 2 heterocycles. The van der Waals surface area contributed by atoms with E-state index in [2.05, 4.69) is 15.4 Å². The van der Waals surface area contributed by atoms with Crippen LogP contribution in [0.3, 0.4) is 0 Å². The molecule has 4 aromatic rings. The summed E-state index contributed by atoms with van der Waals surface area (Å²) in [5, 5.41) is 17.6. The molecule has 2 N–H and O–H groups in total. The molecule has 0 spiro atoms. The van der Waals surface area contributed by atoms with Crippen molar-refractivity contribution in [2.24, 2.45) is 0 Å². The lowest BCUT2D eigenvalue weighted by Crippen LogP contribution is -2.43. The average molecular weight is 697 g/mol.